The van der Waals surface area contributed by atoms with Crippen molar-refractivity contribution in [3.8, 4) is 5.75 Å². The van der Waals surface area contributed by atoms with Gasteiger partial charge in [0.25, 0.3) is 5.91 Å². The first kappa shape index (κ1) is 16.5. The highest BCUT2D eigenvalue weighted by Crippen LogP contribution is 2.34. The van der Waals surface area contributed by atoms with E-state index in [-0.39, 0.29) is 10.2 Å². The lowest BCUT2D eigenvalue weighted by Gasteiger charge is -2.18. The van der Waals surface area contributed by atoms with E-state index < -0.39 is 12.0 Å². The van der Waals surface area contributed by atoms with Crippen LogP contribution in [0.4, 0.5) is 0 Å². The highest BCUT2D eigenvalue weighted by molar-refractivity contribution is 8.26. The maximum absolute atomic E-state index is 12.3. The summed E-state index contributed by atoms with van der Waals surface area (Å²) in [5, 5.41) is 9.04. The minimum atomic E-state index is -1.08. The monoisotopic (exact) mass is 337 g/mol. The smallest absolute Gasteiger partial charge is 0.326 e. The number of carboxylic acids is 1. The van der Waals surface area contributed by atoms with Gasteiger partial charge in [-0.2, -0.15) is 0 Å². The number of carbonyl (C=O) groups excluding carboxylic acids is 1. The van der Waals surface area contributed by atoms with Gasteiger partial charge in [0, 0.05) is 0 Å². The van der Waals surface area contributed by atoms with E-state index in [0.29, 0.717) is 11.5 Å². The van der Waals surface area contributed by atoms with Gasteiger partial charge in [-0.3, -0.25) is 9.69 Å². The summed E-state index contributed by atoms with van der Waals surface area (Å²) >= 11 is 6.22. The Hall–Kier alpha value is -1.86. The fraction of sp³-hybridized carbons (Fsp3) is 0.267. The van der Waals surface area contributed by atoms with Gasteiger partial charge in [0.1, 0.15) is 16.1 Å². The Morgan fingerprint density at radius 3 is 2.64 bits per heavy atom. The maximum atomic E-state index is 12.3. The Labute approximate surface area is 137 Å². The van der Waals surface area contributed by atoms with Crippen molar-refractivity contribution >= 4 is 46.3 Å². The first-order valence-electron chi connectivity index (χ1n) is 6.66. The average molecular weight is 337 g/mol. The molecule has 22 heavy (non-hydrogen) atoms. The summed E-state index contributed by atoms with van der Waals surface area (Å²) in [6, 6.07) is 6.32. The van der Waals surface area contributed by atoms with E-state index in [2.05, 4.69) is 0 Å². The summed E-state index contributed by atoms with van der Waals surface area (Å²) in [6.45, 7) is 3.93. The molecule has 0 unspecified atom stereocenters. The van der Waals surface area contributed by atoms with Gasteiger partial charge in [-0.05, 0) is 37.6 Å². The Kier molecular flexibility index (Phi) is 5.20. The fourth-order valence-electron chi connectivity index (χ4n) is 1.90. The number of carboxylic acid groups (broad SMARTS) is 1. The van der Waals surface area contributed by atoms with Crippen LogP contribution in [0.2, 0.25) is 0 Å². The van der Waals surface area contributed by atoms with Gasteiger partial charge in [-0.15, -0.1) is 0 Å². The third-order valence-electron chi connectivity index (χ3n) is 3.06. The Morgan fingerprint density at radius 2 is 2.09 bits per heavy atom. The van der Waals surface area contributed by atoms with Crippen LogP contribution in [0, 0.1) is 0 Å². The summed E-state index contributed by atoms with van der Waals surface area (Å²) in [6.07, 6.45) is 1.70. The van der Waals surface area contributed by atoms with Crippen LogP contribution in [0.5, 0.6) is 5.75 Å². The van der Waals surface area contributed by atoms with Crippen molar-refractivity contribution < 1.29 is 19.4 Å². The molecule has 1 aromatic rings. The minimum Gasteiger partial charge on any atom is -0.494 e. The predicted molar refractivity (Wildman–Crippen MR) is 89.7 cm³/mol. The molecule has 1 aromatic carbocycles. The average Bonchev–Trinajstić information content (AvgIpc) is 2.75. The summed E-state index contributed by atoms with van der Waals surface area (Å²) < 4.78 is 5.62. The van der Waals surface area contributed by atoms with E-state index in [1.54, 1.807) is 6.08 Å². The van der Waals surface area contributed by atoms with Crippen molar-refractivity contribution in [1.82, 2.24) is 4.90 Å². The molecule has 0 bridgehead atoms. The molecule has 0 aliphatic carbocycles. The topological polar surface area (TPSA) is 66.8 Å². The van der Waals surface area contributed by atoms with E-state index in [0.717, 1.165) is 28.0 Å². The molecule has 1 amide bonds. The molecule has 2 rings (SSSR count). The van der Waals surface area contributed by atoms with E-state index in [1.807, 2.05) is 31.2 Å². The minimum absolute atomic E-state index is 0.261. The second-order valence-corrected chi connectivity index (χ2v) is 6.24. The molecular weight excluding hydrogens is 322 g/mol. The van der Waals surface area contributed by atoms with Gasteiger partial charge in [-0.1, -0.05) is 36.1 Å². The number of aliphatic carboxylic acids is 1. The Balaban J connectivity index is 2.21. The molecule has 0 saturated carbocycles. The molecule has 1 saturated heterocycles. The number of amides is 1. The zero-order chi connectivity index (χ0) is 16.3. The van der Waals surface area contributed by atoms with E-state index in [1.165, 1.54) is 6.92 Å². The third kappa shape index (κ3) is 3.48. The molecule has 116 valence electrons. The van der Waals surface area contributed by atoms with Crippen molar-refractivity contribution in [3.05, 3.63) is 34.7 Å². The molecular formula is C15H15NO4S2. The SMILES string of the molecule is CCOc1ccc(/C=C2\SC(=S)N([C@H](C)C(=O)O)C2=O)cc1. The number of rotatable bonds is 5. The van der Waals surface area contributed by atoms with Crippen LogP contribution in [-0.2, 0) is 9.59 Å². The molecule has 1 atom stereocenters. The second-order valence-electron chi connectivity index (χ2n) is 4.57. The van der Waals surface area contributed by atoms with Gasteiger partial charge in [0.05, 0.1) is 11.5 Å². The number of hydrogen-bond donors (Lipinski definition) is 1. The third-order valence-corrected chi connectivity index (χ3v) is 4.39. The van der Waals surface area contributed by atoms with Crippen LogP contribution in [0.15, 0.2) is 29.2 Å². The van der Waals surface area contributed by atoms with Crippen molar-refractivity contribution in [2.45, 2.75) is 19.9 Å². The molecule has 5 nitrogen and oxygen atoms in total. The van der Waals surface area contributed by atoms with Crippen LogP contribution in [-0.4, -0.2) is 38.9 Å². The number of nitrogens with zero attached hydrogens (tertiary/aromatic N) is 1. The molecule has 1 aliphatic rings. The fourth-order valence-corrected chi connectivity index (χ4v) is 3.32. The molecule has 0 radical (unpaired) electrons. The number of ether oxygens (including phenoxy) is 1. The maximum Gasteiger partial charge on any atom is 0.326 e. The van der Waals surface area contributed by atoms with E-state index in [4.69, 9.17) is 22.1 Å². The normalized spacial score (nSPS) is 17.9. The molecule has 1 fully saturated rings. The van der Waals surface area contributed by atoms with Gasteiger partial charge in [0.15, 0.2) is 0 Å². The largest absolute Gasteiger partial charge is 0.494 e. The van der Waals surface area contributed by atoms with Gasteiger partial charge >= 0.3 is 5.97 Å². The van der Waals surface area contributed by atoms with E-state index >= 15 is 0 Å². The number of thiocarbonyl (C=S) groups is 1. The summed E-state index contributed by atoms with van der Waals surface area (Å²) in [4.78, 5) is 24.9. The quantitative estimate of drug-likeness (QED) is 0.658. The zero-order valence-corrected chi connectivity index (χ0v) is 13.7. The summed E-state index contributed by atoms with van der Waals surface area (Å²) in [7, 11) is 0. The van der Waals surface area contributed by atoms with Crippen LogP contribution in [0.3, 0.4) is 0 Å². The molecule has 1 aliphatic heterocycles. The van der Waals surface area contributed by atoms with Crippen molar-refractivity contribution in [1.29, 1.82) is 0 Å². The number of hydrogen-bond acceptors (Lipinski definition) is 5. The molecule has 7 heteroatoms. The standard InChI is InChI=1S/C15H15NO4S2/c1-3-20-11-6-4-10(5-7-11)8-12-13(17)16(15(21)22-12)9(2)14(18)19/h4-9H,3H2,1-2H3,(H,18,19)/b12-8-/t9-/m1/s1. The first-order valence-corrected chi connectivity index (χ1v) is 7.89. The zero-order valence-electron chi connectivity index (χ0n) is 12.1. The highest BCUT2D eigenvalue weighted by atomic mass is 32.2. The first-order chi connectivity index (χ1) is 10.4. The number of carbonyl (C=O) groups is 2. The number of benzene rings is 1. The van der Waals surface area contributed by atoms with Crippen LogP contribution < -0.4 is 4.74 Å². The molecule has 0 aromatic heterocycles. The van der Waals surface area contributed by atoms with Crippen LogP contribution in [0.25, 0.3) is 6.08 Å². The summed E-state index contributed by atoms with van der Waals surface area (Å²) in [5.41, 5.74) is 0.826. The lowest BCUT2D eigenvalue weighted by atomic mass is 10.2. The lowest BCUT2D eigenvalue weighted by Crippen LogP contribution is -2.41. The number of thioether (sulfide) groups is 1. The van der Waals surface area contributed by atoms with Gasteiger partial charge < -0.3 is 9.84 Å². The summed E-state index contributed by atoms with van der Waals surface area (Å²) in [5.74, 6) is -0.705. The Bertz CT molecular complexity index is 639. The second kappa shape index (κ2) is 6.93. The van der Waals surface area contributed by atoms with E-state index in [9.17, 15) is 9.59 Å². The molecule has 1 heterocycles. The van der Waals surface area contributed by atoms with Gasteiger partial charge in [0.2, 0.25) is 0 Å². The van der Waals surface area contributed by atoms with Crippen molar-refractivity contribution in [2.75, 3.05) is 6.61 Å². The highest BCUT2D eigenvalue weighted by Gasteiger charge is 2.38. The van der Waals surface area contributed by atoms with Crippen LogP contribution in [0.1, 0.15) is 19.4 Å². The molecule has 0 spiro atoms. The van der Waals surface area contributed by atoms with Crippen molar-refractivity contribution in [2.24, 2.45) is 0 Å². The Morgan fingerprint density at radius 1 is 1.45 bits per heavy atom. The van der Waals surface area contributed by atoms with Crippen molar-refractivity contribution in [3.63, 3.8) is 0 Å². The molecule has 1 N–H and O–H groups in total. The lowest BCUT2D eigenvalue weighted by molar-refractivity contribution is -0.144. The van der Waals surface area contributed by atoms with Crippen LogP contribution >= 0.6 is 24.0 Å². The van der Waals surface area contributed by atoms with Gasteiger partial charge in [-0.25, -0.2) is 4.79 Å². The predicted octanol–water partition coefficient (Wildman–Crippen LogP) is 2.76.